The van der Waals surface area contributed by atoms with Crippen molar-refractivity contribution in [1.29, 1.82) is 0 Å². The van der Waals surface area contributed by atoms with E-state index in [9.17, 15) is 4.79 Å². The van der Waals surface area contributed by atoms with Gasteiger partial charge in [-0.05, 0) is 39.2 Å². The van der Waals surface area contributed by atoms with E-state index in [0.29, 0.717) is 17.3 Å². The molecule has 1 atom stereocenters. The van der Waals surface area contributed by atoms with Gasteiger partial charge in [0.2, 0.25) is 0 Å². The highest BCUT2D eigenvalue weighted by molar-refractivity contribution is 6.32. The Balaban J connectivity index is 2.06. The normalized spacial score (nSPS) is 12.4. The highest BCUT2D eigenvalue weighted by atomic mass is 35.5. The first-order valence-corrected chi connectivity index (χ1v) is 7.12. The summed E-state index contributed by atoms with van der Waals surface area (Å²) >= 11 is 6.12. The zero-order valence-corrected chi connectivity index (χ0v) is 13.1. The highest BCUT2D eigenvalue weighted by Crippen LogP contribution is 2.18. The molecule has 5 nitrogen and oxygen atoms in total. The van der Waals surface area contributed by atoms with Crippen molar-refractivity contribution in [2.75, 3.05) is 20.6 Å². The standard InChI is InChI=1S/C15H19ClN4O/c1-11(19(2)3)10-17-15(21)13-8-9-20(18-13)14-7-5-4-6-12(14)16/h4-9,11H,10H2,1-3H3,(H,17,21)/t11-/m1/s1. The van der Waals surface area contributed by atoms with Crippen LogP contribution in [-0.4, -0.2) is 47.3 Å². The molecular weight excluding hydrogens is 288 g/mol. The second kappa shape index (κ2) is 6.74. The van der Waals surface area contributed by atoms with Crippen molar-refractivity contribution < 1.29 is 4.79 Å². The monoisotopic (exact) mass is 306 g/mol. The van der Waals surface area contributed by atoms with Crippen LogP contribution in [0.5, 0.6) is 0 Å². The van der Waals surface area contributed by atoms with Gasteiger partial charge in [-0.25, -0.2) is 4.68 Å². The first-order valence-electron chi connectivity index (χ1n) is 6.74. The summed E-state index contributed by atoms with van der Waals surface area (Å²) in [5.74, 6) is -0.186. The van der Waals surface area contributed by atoms with Crippen LogP contribution in [0, 0.1) is 0 Å². The zero-order chi connectivity index (χ0) is 15.4. The van der Waals surface area contributed by atoms with Gasteiger partial charge in [0.25, 0.3) is 5.91 Å². The Hall–Kier alpha value is -1.85. The van der Waals surface area contributed by atoms with E-state index in [1.54, 1.807) is 23.0 Å². The fraction of sp³-hybridized carbons (Fsp3) is 0.333. The number of rotatable bonds is 5. The Morgan fingerprint density at radius 3 is 2.76 bits per heavy atom. The molecular formula is C15H19ClN4O. The van der Waals surface area contributed by atoms with Crippen LogP contribution >= 0.6 is 11.6 Å². The third-order valence-corrected chi connectivity index (χ3v) is 3.68. The molecule has 0 aliphatic heterocycles. The number of halogens is 1. The SMILES string of the molecule is C[C@H](CNC(=O)c1ccn(-c2ccccc2Cl)n1)N(C)C. The number of likely N-dealkylation sites (N-methyl/N-ethyl adjacent to an activating group) is 1. The number of carbonyl (C=O) groups is 1. The highest BCUT2D eigenvalue weighted by Gasteiger charge is 2.13. The van der Waals surface area contributed by atoms with Crippen LogP contribution in [0.15, 0.2) is 36.5 Å². The smallest absolute Gasteiger partial charge is 0.271 e. The van der Waals surface area contributed by atoms with Crippen molar-refractivity contribution in [3.8, 4) is 5.69 Å². The predicted molar refractivity (Wildman–Crippen MR) is 84.1 cm³/mol. The fourth-order valence-electron chi connectivity index (χ4n) is 1.73. The number of nitrogens with one attached hydrogen (secondary N) is 1. The number of carbonyl (C=O) groups excluding carboxylic acids is 1. The van der Waals surface area contributed by atoms with Crippen LogP contribution in [0.2, 0.25) is 5.02 Å². The van der Waals surface area contributed by atoms with Gasteiger partial charge in [-0.15, -0.1) is 0 Å². The number of nitrogens with zero attached hydrogens (tertiary/aromatic N) is 3. The van der Waals surface area contributed by atoms with Gasteiger partial charge in [0.05, 0.1) is 10.7 Å². The van der Waals surface area contributed by atoms with Crippen molar-refractivity contribution >= 4 is 17.5 Å². The van der Waals surface area contributed by atoms with E-state index >= 15 is 0 Å². The molecule has 0 radical (unpaired) electrons. The molecule has 0 bridgehead atoms. The summed E-state index contributed by atoms with van der Waals surface area (Å²) in [6.45, 7) is 2.62. The van der Waals surface area contributed by atoms with Crippen LogP contribution in [-0.2, 0) is 0 Å². The Labute approximate surface area is 129 Å². The second-order valence-electron chi connectivity index (χ2n) is 5.12. The molecule has 1 N–H and O–H groups in total. The van der Waals surface area contributed by atoms with Gasteiger partial charge in [0, 0.05) is 18.8 Å². The van der Waals surface area contributed by atoms with Crippen LogP contribution in [0.3, 0.4) is 0 Å². The van der Waals surface area contributed by atoms with Crippen molar-refractivity contribution in [2.45, 2.75) is 13.0 Å². The second-order valence-corrected chi connectivity index (χ2v) is 5.53. The molecule has 1 heterocycles. The van der Waals surface area contributed by atoms with Gasteiger partial charge < -0.3 is 10.2 Å². The topological polar surface area (TPSA) is 50.2 Å². The molecule has 0 saturated heterocycles. The minimum Gasteiger partial charge on any atom is -0.349 e. The Morgan fingerprint density at radius 2 is 2.10 bits per heavy atom. The van der Waals surface area contributed by atoms with Gasteiger partial charge in [-0.1, -0.05) is 23.7 Å². The number of benzene rings is 1. The number of hydrogen-bond donors (Lipinski definition) is 1. The molecule has 0 aliphatic rings. The first-order chi connectivity index (χ1) is 9.99. The van der Waals surface area contributed by atoms with E-state index in [4.69, 9.17) is 11.6 Å². The largest absolute Gasteiger partial charge is 0.349 e. The average Bonchev–Trinajstić information content (AvgIpc) is 2.94. The van der Waals surface area contributed by atoms with Gasteiger partial charge in [-0.2, -0.15) is 5.10 Å². The van der Waals surface area contributed by atoms with Gasteiger partial charge in [-0.3, -0.25) is 4.79 Å². The molecule has 112 valence electrons. The average molecular weight is 307 g/mol. The molecule has 0 fully saturated rings. The number of amides is 1. The molecule has 0 spiro atoms. The zero-order valence-electron chi connectivity index (χ0n) is 12.4. The maximum absolute atomic E-state index is 12.1. The molecule has 2 rings (SSSR count). The van der Waals surface area contributed by atoms with Crippen LogP contribution < -0.4 is 5.32 Å². The van der Waals surface area contributed by atoms with E-state index in [1.165, 1.54) is 0 Å². The third kappa shape index (κ3) is 3.83. The minimum atomic E-state index is -0.186. The number of hydrogen-bond acceptors (Lipinski definition) is 3. The number of para-hydroxylation sites is 1. The van der Waals surface area contributed by atoms with E-state index in [1.807, 2.05) is 44.1 Å². The third-order valence-electron chi connectivity index (χ3n) is 3.36. The van der Waals surface area contributed by atoms with E-state index in [2.05, 4.69) is 10.4 Å². The van der Waals surface area contributed by atoms with E-state index < -0.39 is 0 Å². The summed E-state index contributed by atoms with van der Waals surface area (Å²) in [6.07, 6.45) is 1.73. The Kier molecular flexibility index (Phi) is 4.98. The van der Waals surface area contributed by atoms with Crippen LogP contribution in [0.1, 0.15) is 17.4 Å². The van der Waals surface area contributed by atoms with E-state index in [0.717, 1.165) is 5.69 Å². The summed E-state index contributed by atoms with van der Waals surface area (Å²) in [6, 6.07) is 9.31. The Morgan fingerprint density at radius 1 is 1.38 bits per heavy atom. The maximum atomic E-state index is 12.1. The van der Waals surface area contributed by atoms with Crippen molar-refractivity contribution in [3.05, 3.63) is 47.2 Å². The molecule has 2 aromatic rings. The van der Waals surface area contributed by atoms with Gasteiger partial charge in [0.15, 0.2) is 5.69 Å². The molecule has 1 aromatic heterocycles. The lowest BCUT2D eigenvalue weighted by Crippen LogP contribution is -2.38. The van der Waals surface area contributed by atoms with Crippen LogP contribution in [0.25, 0.3) is 5.69 Å². The molecule has 0 saturated carbocycles. The fourth-order valence-corrected chi connectivity index (χ4v) is 1.95. The molecule has 1 amide bonds. The molecule has 0 aliphatic carbocycles. The quantitative estimate of drug-likeness (QED) is 0.921. The lowest BCUT2D eigenvalue weighted by molar-refractivity contribution is 0.0938. The van der Waals surface area contributed by atoms with Crippen molar-refractivity contribution in [3.63, 3.8) is 0 Å². The number of aromatic nitrogens is 2. The van der Waals surface area contributed by atoms with Crippen LogP contribution in [0.4, 0.5) is 0 Å². The summed E-state index contributed by atoms with van der Waals surface area (Å²) in [5.41, 5.74) is 1.13. The molecule has 21 heavy (non-hydrogen) atoms. The summed E-state index contributed by atoms with van der Waals surface area (Å²) in [5, 5.41) is 7.73. The van der Waals surface area contributed by atoms with Crippen molar-refractivity contribution in [2.24, 2.45) is 0 Å². The predicted octanol–water partition coefficient (Wildman–Crippen LogP) is 2.21. The Bertz CT molecular complexity index is 624. The molecule has 1 aromatic carbocycles. The molecule has 0 unspecified atom stereocenters. The van der Waals surface area contributed by atoms with Gasteiger partial charge >= 0.3 is 0 Å². The lowest BCUT2D eigenvalue weighted by atomic mass is 10.3. The minimum absolute atomic E-state index is 0.186. The molecule has 6 heteroatoms. The lowest BCUT2D eigenvalue weighted by Gasteiger charge is -2.19. The summed E-state index contributed by atoms with van der Waals surface area (Å²) in [4.78, 5) is 14.1. The van der Waals surface area contributed by atoms with Gasteiger partial charge in [0.1, 0.15) is 0 Å². The summed E-state index contributed by atoms with van der Waals surface area (Å²) < 4.78 is 1.60. The maximum Gasteiger partial charge on any atom is 0.271 e. The van der Waals surface area contributed by atoms with E-state index in [-0.39, 0.29) is 11.9 Å². The summed E-state index contributed by atoms with van der Waals surface area (Å²) in [7, 11) is 3.95. The first kappa shape index (κ1) is 15.5. The van der Waals surface area contributed by atoms with Crippen molar-refractivity contribution in [1.82, 2.24) is 20.0 Å².